The summed E-state index contributed by atoms with van der Waals surface area (Å²) in [7, 11) is 1.60. The Kier molecular flexibility index (Phi) is 5.06. The zero-order valence-corrected chi connectivity index (χ0v) is 15.2. The molecule has 136 valence electrons. The number of carbonyl (C=O) groups is 1. The second-order valence-corrected chi connectivity index (χ2v) is 6.04. The smallest absolute Gasteiger partial charge is 0.277 e. The molecule has 3 rings (SSSR count). The summed E-state index contributed by atoms with van der Waals surface area (Å²) in [5, 5.41) is 8.03. The van der Waals surface area contributed by atoms with Gasteiger partial charge in [0.05, 0.1) is 12.8 Å². The van der Waals surface area contributed by atoms with E-state index in [-0.39, 0.29) is 18.0 Å². The number of pyridine rings is 1. The molecular weight excluding hydrogens is 332 g/mol. The van der Waals surface area contributed by atoms with Crippen molar-refractivity contribution in [2.45, 2.75) is 33.5 Å². The standard InChI is InChI=1S/C19H22N4O3/c1-4-23-18-16(13(2)21-23)8-9-22(19(18)25)12-17(24)20-11-14-6-5-7-15(10-14)26-3/h5-10H,4,11-12H2,1-3H3,(H,20,24). The molecule has 0 bridgehead atoms. The summed E-state index contributed by atoms with van der Waals surface area (Å²) in [4.78, 5) is 25.0. The van der Waals surface area contributed by atoms with E-state index in [0.717, 1.165) is 22.4 Å². The maximum absolute atomic E-state index is 12.7. The molecule has 1 amide bonds. The highest BCUT2D eigenvalue weighted by Crippen LogP contribution is 2.14. The molecule has 3 aromatic rings. The number of fused-ring (bicyclic) bond motifs is 1. The van der Waals surface area contributed by atoms with E-state index in [1.807, 2.05) is 44.2 Å². The zero-order valence-electron chi connectivity index (χ0n) is 15.2. The third-order valence-corrected chi connectivity index (χ3v) is 4.30. The van der Waals surface area contributed by atoms with E-state index < -0.39 is 0 Å². The Labute approximate surface area is 151 Å². The van der Waals surface area contributed by atoms with Gasteiger partial charge in [-0.3, -0.25) is 14.3 Å². The summed E-state index contributed by atoms with van der Waals surface area (Å²) in [6.07, 6.45) is 1.64. The van der Waals surface area contributed by atoms with Crippen LogP contribution < -0.4 is 15.6 Å². The van der Waals surface area contributed by atoms with Crippen molar-refractivity contribution >= 4 is 16.8 Å². The van der Waals surface area contributed by atoms with Crippen LogP contribution in [0.15, 0.2) is 41.3 Å². The summed E-state index contributed by atoms with van der Waals surface area (Å²) < 4.78 is 8.26. The SMILES string of the molecule is CCn1nc(C)c2ccn(CC(=O)NCc3cccc(OC)c3)c(=O)c21. The summed E-state index contributed by atoms with van der Waals surface area (Å²) >= 11 is 0. The molecule has 0 fully saturated rings. The van der Waals surface area contributed by atoms with Crippen molar-refractivity contribution in [3.8, 4) is 5.75 Å². The van der Waals surface area contributed by atoms with Gasteiger partial charge in [0.25, 0.3) is 5.56 Å². The first kappa shape index (κ1) is 17.7. The lowest BCUT2D eigenvalue weighted by molar-refractivity contribution is -0.121. The molecule has 26 heavy (non-hydrogen) atoms. The highest BCUT2D eigenvalue weighted by molar-refractivity contribution is 5.81. The lowest BCUT2D eigenvalue weighted by Gasteiger charge is -2.09. The monoisotopic (exact) mass is 354 g/mol. The van der Waals surface area contributed by atoms with Gasteiger partial charge in [0.15, 0.2) is 0 Å². The van der Waals surface area contributed by atoms with Crippen LogP contribution >= 0.6 is 0 Å². The molecule has 0 unspecified atom stereocenters. The van der Waals surface area contributed by atoms with Crippen LogP contribution in [0.25, 0.3) is 10.9 Å². The summed E-state index contributed by atoms with van der Waals surface area (Å²) in [6, 6.07) is 9.32. The molecule has 0 saturated carbocycles. The summed E-state index contributed by atoms with van der Waals surface area (Å²) in [5.41, 5.74) is 2.07. The van der Waals surface area contributed by atoms with Crippen molar-refractivity contribution in [2.24, 2.45) is 0 Å². The Hall–Kier alpha value is -3.09. The van der Waals surface area contributed by atoms with Gasteiger partial charge in [0.2, 0.25) is 5.91 Å². The number of nitrogens with one attached hydrogen (secondary N) is 1. The Morgan fingerprint density at radius 3 is 2.85 bits per heavy atom. The van der Waals surface area contributed by atoms with Crippen molar-refractivity contribution < 1.29 is 9.53 Å². The van der Waals surface area contributed by atoms with Crippen molar-refractivity contribution in [1.82, 2.24) is 19.7 Å². The average Bonchev–Trinajstić information content (AvgIpc) is 2.99. The van der Waals surface area contributed by atoms with Gasteiger partial charge in [-0.2, -0.15) is 5.10 Å². The Balaban J connectivity index is 1.75. The fraction of sp³-hybridized carbons (Fsp3) is 0.316. The summed E-state index contributed by atoms with van der Waals surface area (Å²) in [5.74, 6) is 0.509. The van der Waals surface area contributed by atoms with E-state index >= 15 is 0 Å². The van der Waals surface area contributed by atoms with Crippen LogP contribution in [0, 0.1) is 6.92 Å². The van der Waals surface area contributed by atoms with Gasteiger partial charge < -0.3 is 14.6 Å². The molecule has 0 atom stereocenters. The van der Waals surface area contributed by atoms with Gasteiger partial charge in [-0.25, -0.2) is 0 Å². The van der Waals surface area contributed by atoms with E-state index in [2.05, 4.69) is 10.4 Å². The number of aromatic nitrogens is 3. The molecule has 2 aromatic heterocycles. The van der Waals surface area contributed by atoms with Gasteiger partial charge in [-0.1, -0.05) is 12.1 Å². The number of benzene rings is 1. The van der Waals surface area contributed by atoms with Crippen LogP contribution in [0.4, 0.5) is 0 Å². The molecule has 0 aliphatic heterocycles. The number of carbonyl (C=O) groups excluding carboxylic acids is 1. The molecule has 1 aromatic carbocycles. The normalized spacial score (nSPS) is 10.9. The summed E-state index contributed by atoms with van der Waals surface area (Å²) in [6.45, 7) is 4.75. The average molecular weight is 354 g/mol. The predicted octanol–water partition coefficient (Wildman–Crippen LogP) is 1.85. The zero-order chi connectivity index (χ0) is 18.7. The highest BCUT2D eigenvalue weighted by Gasteiger charge is 2.13. The minimum absolute atomic E-state index is 0.0350. The molecule has 7 heteroatoms. The topological polar surface area (TPSA) is 78.2 Å². The molecule has 7 nitrogen and oxygen atoms in total. The fourth-order valence-electron chi connectivity index (χ4n) is 2.94. The molecular formula is C19H22N4O3. The number of rotatable bonds is 6. The quantitative estimate of drug-likeness (QED) is 0.733. The van der Waals surface area contributed by atoms with Crippen LogP contribution in [-0.2, 0) is 24.4 Å². The van der Waals surface area contributed by atoms with Crippen LogP contribution in [0.2, 0.25) is 0 Å². The predicted molar refractivity (Wildman–Crippen MR) is 99.2 cm³/mol. The number of ether oxygens (including phenoxy) is 1. The van der Waals surface area contributed by atoms with Crippen LogP contribution in [0.3, 0.4) is 0 Å². The first-order valence-electron chi connectivity index (χ1n) is 8.49. The lowest BCUT2D eigenvalue weighted by Crippen LogP contribution is -2.32. The molecule has 1 N–H and O–H groups in total. The van der Waals surface area contributed by atoms with Gasteiger partial charge in [-0.05, 0) is 37.6 Å². The second-order valence-electron chi connectivity index (χ2n) is 6.04. The lowest BCUT2D eigenvalue weighted by atomic mass is 10.2. The van der Waals surface area contributed by atoms with Crippen molar-refractivity contribution in [3.05, 3.63) is 58.1 Å². The fourth-order valence-corrected chi connectivity index (χ4v) is 2.94. The molecule has 0 saturated heterocycles. The van der Waals surface area contributed by atoms with Gasteiger partial charge >= 0.3 is 0 Å². The number of methoxy groups -OCH3 is 1. The number of hydrogen-bond donors (Lipinski definition) is 1. The third-order valence-electron chi connectivity index (χ3n) is 4.30. The van der Waals surface area contributed by atoms with Crippen LogP contribution in [0.5, 0.6) is 5.75 Å². The van der Waals surface area contributed by atoms with Crippen LogP contribution in [0.1, 0.15) is 18.2 Å². The van der Waals surface area contributed by atoms with Crippen molar-refractivity contribution in [3.63, 3.8) is 0 Å². The Morgan fingerprint density at radius 2 is 2.12 bits per heavy atom. The molecule has 0 aliphatic rings. The minimum Gasteiger partial charge on any atom is -0.497 e. The third kappa shape index (κ3) is 3.46. The second kappa shape index (κ2) is 7.43. The van der Waals surface area contributed by atoms with Gasteiger partial charge in [0, 0.05) is 24.7 Å². The highest BCUT2D eigenvalue weighted by atomic mass is 16.5. The van der Waals surface area contributed by atoms with Gasteiger partial charge in [-0.15, -0.1) is 0 Å². The molecule has 0 aliphatic carbocycles. The Morgan fingerprint density at radius 1 is 1.31 bits per heavy atom. The molecule has 2 heterocycles. The number of hydrogen-bond acceptors (Lipinski definition) is 4. The van der Waals surface area contributed by atoms with Crippen molar-refractivity contribution in [2.75, 3.05) is 7.11 Å². The van der Waals surface area contributed by atoms with E-state index in [0.29, 0.717) is 18.6 Å². The largest absolute Gasteiger partial charge is 0.497 e. The molecule has 0 spiro atoms. The van der Waals surface area contributed by atoms with E-state index in [9.17, 15) is 9.59 Å². The van der Waals surface area contributed by atoms with Gasteiger partial charge in [0.1, 0.15) is 17.8 Å². The first-order valence-corrected chi connectivity index (χ1v) is 8.49. The number of amides is 1. The minimum atomic E-state index is -0.228. The van der Waals surface area contributed by atoms with Crippen LogP contribution in [-0.4, -0.2) is 27.4 Å². The molecule has 0 radical (unpaired) electrons. The first-order chi connectivity index (χ1) is 12.5. The number of nitrogens with zero attached hydrogens (tertiary/aromatic N) is 3. The van der Waals surface area contributed by atoms with E-state index in [1.54, 1.807) is 18.0 Å². The maximum atomic E-state index is 12.7. The van der Waals surface area contributed by atoms with Crippen molar-refractivity contribution in [1.29, 1.82) is 0 Å². The van der Waals surface area contributed by atoms with E-state index in [1.165, 1.54) is 4.57 Å². The van der Waals surface area contributed by atoms with E-state index in [4.69, 9.17) is 4.74 Å². The number of aryl methyl sites for hydroxylation is 2. The maximum Gasteiger partial charge on any atom is 0.277 e. The Bertz CT molecular complexity index is 1000.